The van der Waals surface area contributed by atoms with Crippen LogP contribution in [0.2, 0.25) is 0 Å². The van der Waals surface area contributed by atoms with Crippen molar-refractivity contribution < 1.29 is 5.11 Å². The minimum Gasteiger partial charge on any atom is -0.393 e. The van der Waals surface area contributed by atoms with Gasteiger partial charge in [0.05, 0.1) is 6.10 Å². The molecule has 94 valence electrons. The molecule has 2 saturated carbocycles. The number of hydrogen-bond acceptors (Lipinski definition) is 1. The Labute approximate surface area is 101 Å². The fourth-order valence-corrected chi connectivity index (χ4v) is 4.55. The lowest BCUT2D eigenvalue weighted by molar-refractivity contribution is -0.0577. The third kappa shape index (κ3) is 1.72. The molecule has 0 aromatic rings. The lowest BCUT2D eigenvalue weighted by Crippen LogP contribution is -2.44. The highest BCUT2D eigenvalue weighted by Crippen LogP contribution is 2.58. The van der Waals surface area contributed by atoms with Crippen molar-refractivity contribution in [2.75, 3.05) is 0 Å². The molecule has 16 heavy (non-hydrogen) atoms. The molecular formula is C15H28O. The third-order valence-corrected chi connectivity index (χ3v) is 5.95. The molecule has 0 aromatic carbocycles. The molecule has 0 saturated heterocycles. The van der Waals surface area contributed by atoms with E-state index in [-0.39, 0.29) is 6.10 Å². The van der Waals surface area contributed by atoms with E-state index in [4.69, 9.17) is 0 Å². The summed E-state index contributed by atoms with van der Waals surface area (Å²) in [4.78, 5) is 0. The van der Waals surface area contributed by atoms with Gasteiger partial charge in [0.15, 0.2) is 0 Å². The second-order valence-corrected chi connectivity index (χ2v) is 6.69. The summed E-state index contributed by atoms with van der Waals surface area (Å²) in [5.41, 5.74) is 0.432. The molecule has 1 N–H and O–H groups in total. The first-order chi connectivity index (χ1) is 7.50. The molecule has 0 aromatic heterocycles. The van der Waals surface area contributed by atoms with Gasteiger partial charge in [0, 0.05) is 0 Å². The number of aliphatic hydroxyl groups excluding tert-OH is 1. The van der Waals surface area contributed by atoms with Gasteiger partial charge < -0.3 is 5.11 Å². The van der Waals surface area contributed by atoms with Crippen LogP contribution in [0.3, 0.4) is 0 Å². The average Bonchev–Trinajstić information content (AvgIpc) is 2.62. The largest absolute Gasteiger partial charge is 0.393 e. The van der Waals surface area contributed by atoms with Crippen LogP contribution in [0.4, 0.5) is 0 Å². The van der Waals surface area contributed by atoms with Crippen LogP contribution < -0.4 is 0 Å². The van der Waals surface area contributed by atoms with Gasteiger partial charge in [-0.1, -0.05) is 34.1 Å². The summed E-state index contributed by atoms with van der Waals surface area (Å²) in [6, 6.07) is 0. The molecule has 2 aliphatic carbocycles. The SMILES string of the molecule is CCC(C)C1CCC2C(O)C(C)CCC12C. The fraction of sp³-hybridized carbons (Fsp3) is 1.00. The first-order valence-electron chi connectivity index (χ1n) is 7.18. The summed E-state index contributed by atoms with van der Waals surface area (Å²) in [6.45, 7) is 9.39. The minimum absolute atomic E-state index is 0.0344. The quantitative estimate of drug-likeness (QED) is 0.755. The zero-order valence-corrected chi connectivity index (χ0v) is 11.4. The van der Waals surface area contributed by atoms with Crippen LogP contribution in [0.15, 0.2) is 0 Å². The van der Waals surface area contributed by atoms with E-state index in [9.17, 15) is 5.11 Å². The molecule has 0 bridgehead atoms. The van der Waals surface area contributed by atoms with Gasteiger partial charge in [-0.15, -0.1) is 0 Å². The smallest absolute Gasteiger partial charge is 0.0599 e. The van der Waals surface area contributed by atoms with E-state index in [0.29, 0.717) is 17.3 Å². The predicted octanol–water partition coefficient (Wildman–Crippen LogP) is 3.86. The van der Waals surface area contributed by atoms with Crippen LogP contribution in [0, 0.1) is 29.1 Å². The standard InChI is InChI=1S/C15H28O/c1-5-10(2)12-6-7-13-14(16)11(3)8-9-15(12,13)4/h10-14,16H,5-9H2,1-4H3. The molecule has 1 heteroatoms. The molecule has 2 rings (SSSR count). The van der Waals surface area contributed by atoms with Crippen LogP contribution in [0.25, 0.3) is 0 Å². The Morgan fingerprint density at radius 1 is 1.31 bits per heavy atom. The van der Waals surface area contributed by atoms with Crippen LogP contribution in [0.1, 0.15) is 59.8 Å². The fourth-order valence-electron chi connectivity index (χ4n) is 4.55. The average molecular weight is 224 g/mol. The van der Waals surface area contributed by atoms with Crippen LogP contribution in [-0.4, -0.2) is 11.2 Å². The highest BCUT2D eigenvalue weighted by molar-refractivity contribution is 5.02. The van der Waals surface area contributed by atoms with E-state index in [1.54, 1.807) is 0 Å². The Morgan fingerprint density at radius 3 is 2.62 bits per heavy atom. The molecule has 6 unspecified atom stereocenters. The zero-order chi connectivity index (χ0) is 11.9. The van der Waals surface area contributed by atoms with E-state index in [0.717, 1.165) is 11.8 Å². The lowest BCUT2D eigenvalue weighted by atomic mass is 9.59. The number of hydrogen-bond donors (Lipinski definition) is 1. The molecule has 1 nitrogen and oxygen atoms in total. The highest BCUT2D eigenvalue weighted by Gasteiger charge is 2.53. The topological polar surface area (TPSA) is 20.2 Å². The van der Waals surface area contributed by atoms with Gasteiger partial charge in [0.2, 0.25) is 0 Å². The summed E-state index contributed by atoms with van der Waals surface area (Å²) in [6.07, 6.45) is 6.43. The van der Waals surface area contributed by atoms with E-state index in [1.807, 2.05) is 0 Å². The van der Waals surface area contributed by atoms with Crippen LogP contribution in [0.5, 0.6) is 0 Å². The summed E-state index contributed by atoms with van der Waals surface area (Å²) < 4.78 is 0. The second kappa shape index (κ2) is 4.33. The van der Waals surface area contributed by atoms with Crippen molar-refractivity contribution in [2.24, 2.45) is 29.1 Å². The van der Waals surface area contributed by atoms with Crippen LogP contribution >= 0.6 is 0 Å². The van der Waals surface area contributed by atoms with Gasteiger partial charge in [0.1, 0.15) is 0 Å². The van der Waals surface area contributed by atoms with Crippen molar-refractivity contribution >= 4 is 0 Å². The van der Waals surface area contributed by atoms with Crippen molar-refractivity contribution in [3.63, 3.8) is 0 Å². The lowest BCUT2D eigenvalue weighted by Gasteiger charge is -2.47. The molecular weight excluding hydrogens is 196 g/mol. The second-order valence-electron chi connectivity index (χ2n) is 6.69. The first-order valence-corrected chi connectivity index (χ1v) is 7.18. The van der Waals surface area contributed by atoms with Gasteiger partial charge in [-0.25, -0.2) is 0 Å². The Hall–Kier alpha value is -0.0400. The molecule has 2 fully saturated rings. The third-order valence-electron chi connectivity index (χ3n) is 5.95. The van der Waals surface area contributed by atoms with Crippen molar-refractivity contribution in [1.29, 1.82) is 0 Å². The Bertz CT molecular complexity index is 242. The van der Waals surface area contributed by atoms with Gasteiger partial charge in [-0.3, -0.25) is 0 Å². The minimum atomic E-state index is -0.0344. The van der Waals surface area contributed by atoms with E-state index in [1.165, 1.54) is 32.1 Å². The molecule has 0 heterocycles. The van der Waals surface area contributed by atoms with Gasteiger partial charge >= 0.3 is 0 Å². The molecule has 2 aliphatic rings. The normalized spacial score (nSPS) is 50.1. The zero-order valence-electron chi connectivity index (χ0n) is 11.4. The summed E-state index contributed by atoms with van der Waals surface area (Å²) >= 11 is 0. The summed E-state index contributed by atoms with van der Waals surface area (Å²) in [5, 5.41) is 10.4. The van der Waals surface area contributed by atoms with Gasteiger partial charge in [-0.05, 0) is 54.8 Å². The summed E-state index contributed by atoms with van der Waals surface area (Å²) in [7, 11) is 0. The predicted molar refractivity (Wildman–Crippen MR) is 68.2 cm³/mol. The Kier molecular flexibility index (Phi) is 3.36. The first kappa shape index (κ1) is 12.4. The monoisotopic (exact) mass is 224 g/mol. The van der Waals surface area contributed by atoms with Crippen LogP contribution in [-0.2, 0) is 0 Å². The highest BCUT2D eigenvalue weighted by atomic mass is 16.3. The van der Waals surface area contributed by atoms with Crippen molar-refractivity contribution in [1.82, 2.24) is 0 Å². The maximum Gasteiger partial charge on any atom is 0.0599 e. The summed E-state index contributed by atoms with van der Waals surface area (Å²) in [5.74, 6) is 2.78. The molecule has 0 amide bonds. The van der Waals surface area contributed by atoms with Crippen molar-refractivity contribution in [3.8, 4) is 0 Å². The number of fused-ring (bicyclic) bond motifs is 1. The Balaban J connectivity index is 2.19. The maximum atomic E-state index is 10.4. The molecule has 6 atom stereocenters. The molecule has 0 radical (unpaired) electrons. The number of rotatable bonds is 2. The van der Waals surface area contributed by atoms with E-state index >= 15 is 0 Å². The van der Waals surface area contributed by atoms with Crippen molar-refractivity contribution in [3.05, 3.63) is 0 Å². The van der Waals surface area contributed by atoms with Crippen molar-refractivity contribution in [2.45, 2.75) is 65.9 Å². The Morgan fingerprint density at radius 2 is 2.00 bits per heavy atom. The van der Waals surface area contributed by atoms with E-state index in [2.05, 4.69) is 27.7 Å². The molecule has 0 aliphatic heterocycles. The number of aliphatic hydroxyl groups is 1. The van der Waals surface area contributed by atoms with E-state index < -0.39 is 0 Å². The maximum absolute atomic E-state index is 10.4. The molecule has 0 spiro atoms. The van der Waals surface area contributed by atoms with Gasteiger partial charge in [-0.2, -0.15) is 0 Å². The van der Waals surface area contributed by atoms with Gasteiger partial charge in [0.25, 0.3) is 0 Å².